The lowest BCUT2D eigenvalue weighted by molar-refractivity contribution is 0.0387. The molecule has 0 unspecified atom stereocenters. The van der Waals surface area contributed by atoms with E-state index in [0.717, 1.165) is 5.56 Å². The van der Waals surface area contributed by atoms with Crippen LogP contribution in [-0.2, 0) is 11.3 Å². The van der Waals surface area contributed by atoms with Gasteiger partial charge in [0.1, 0.15) is 0 Å². The van der Waals surface area contributed by atoms with E-state index in [4.69, 9.17) is 4.74 Å². The third-order valence-electron chi connectivity index (χ3n) is 1.97. The van der Waals surface area contributed by atoms with Crippen LogP contribution in [0.3, 0.4) is 0 Å². The van der Waals surface area contributed by atoms with Crippen LogP contribution in [0.15, 0.2) is 30.3 Å². The molecule has 0 spiro atoms. The van der Waals surface area contributed by atoms with Crippen LogP contribution in [0.2, 0.25) is 0 Å². The first-order chi connectivity index (χ1) is 6.64. The molecule has 1 aromatic rings. The van der Waals surface area contributed by atoms with Gasteiger partial charge < -0.3 is 4.74 Å². The minimum atomic E-state index is -0.366. The van der Waals surface area contributed by atoms with Crippen LogP contribution in [-0.4, -0.2) is 13.3 Å². The van der Waals surface area contributed by atoms with Crippen molar-refractivity contribution in [1.82, 2.24) is 0 Å². The van der Waals surface area contributed by atoms with Gasteiger partial charge in [-0.05, 0) is 5.56 Å². The number of hydrogen-bond acceptors (Lipinski definition) is 1. The number of benzene rings is 1. The molecule has 0 heterocycles. The van der Waals surface area contributed by atoms with Crippen molar-refractivity contribution < 1.29 is 9.13 Å². The van der Waals surface area contributed by atoms with Crippen molar-refractivity contribution in [2.45, 2.75) is 20.5 Å². The first-order valence-electron chi connectivity index (χ1n) is 4.82. The zero-order valence-corrected chi connectivity index (χ0v) is 8.79. The summed E-state index contributed by atoms with van der Waals surface area (Å²) in [6.07, 6.45) is 0. The zero-order chi connectivity index (χ0) is 10.4. The van der Waals surface area contributed by atoms with Gasteiger partial charge in [-0.3, -0.25) is 4.39 Å². The second kappa shape index (κ2) is 5.11. The van der Waals surface area contributed by atoms with Crippen molar-refractivity contribution >= 4 is 0 Å². The van der Waals surface area contributed by atoms with Gasteiger partial charge in [-0.1, -0.05) is 44.2 Å². The lowest BCUT2D eigenvalue weighted by atomic mass is 9.97. The quantitative estimate of drug-likeness (QED) is 0.702. The molecule has 1 nitrogen and oxygen atoms in total. The number of halogens is 1. The Morgan fingerprint density at radius 1 is 1.21 bits per heavy atom. The number of rotatable bonds is 5. The van der Waals surface area contributed by atoms with E-state index in [1.807, 2.05) is 44.2 Å². The van der Waals surface area contributed by atoms with E-state index in [1.54, 1.807) is 0 Å². The highest BCUT2D eigenvalue weighted by molar-refractivity contribution is 5.13. The molecule has 0 atom stereocenters. The van der Waals surface area contributed by atoms with Gasteiger partial charge in [-0.25, -0.2) is 0 Å². The Morgan fingerprint density at radius 2 is 1.86 bits per heavy atom. The monoisotopic (exact) mass is 196 g/mol. The largest absolute Gasteiger partial charge is 0.376 e. The molecule has 0 saturated heterocycles. The van der Waals surface area contributed by atoms with Crippen LogP contribution >= 0.6 is 0 Å². The van der Waals surface area contributed by atoms with E-state index >= 15 is 0 Å². The highest BCUT2D eigenvalue weighted by Crippen LogP contribution is 2.16. The topological polar surface area (TPSA) is 9.23 Å². The molecule has 0 radical (unpaired) electrons. The first kappa shape index (κ1) is 11.2. The summed E-state index contributed by atoms with van der Waals surface area (Å²) in [7, 11) is 0. The second-order valence-electron chi connectivity index (χ2n) is 4.28. The Bertz CT molecular complexity index is 256. The molecule has 2 heteroatoms. The molecule has 0 amide bonds. The predicted octanol–water partition coefficient (Wildman–Crippen LogP) is 3.20. The van der Waals surface area contributed by atoms with Gasteiger partial charge in [0, 0.05) is 5.41 Å². The molecule has 0 aliphatic rings. The molecule has 0 bridgehead atoms. The summed E-state index contributed by atoms with van der Waals surface area (Å²) in [5.74, 6) is 0. The van der Waals surface area contributed by atoms with Crippen molar-refractivity contribution in [3.8, 4) is 0 Å². The van der Waals surface area contributed by atoms with E-state index < -0.39 is 0 Å². The maximum atomic E-state index is 12.4. The molecule has 78 valence electrons. The van der Waals surface area contributed by atoms with Gasteiger partial charge >= 0.3 is 0 Å². The first-order valence-corrected chi connectivity index (χ1v) is 4.82. The molecule has 0 N–H and O–H groups in total. The SMILES string of the molecule is CC(C)(CF)COCc1ccccc1. The molecular weight excluding hydrogens is 179 g/mol. The van der Waals surface area contributed by atoms with Crippen molar-refractivity contribution in [1.29, 1.82) is 0 Å². The van der Waals surface area contributed by atoms with Crippen molar-refractivity contribution in [2.75, 3.05) is 13.3 Å². The van der Waals surface area contributed by atoms with Gasteiger partial charge in [-0.2, -0.15) is 0 Å². The Labute approximate surface area is 84.9 Å². The third-order valence-corrected chi connectivity index (χ3v) is 1.97. The third kappa shape index (κ3) is 3.88. The van der Waals surface area contributed by atoms with Crippen molar-refractivity contribution in [2.24, 2.45) is 5.41 Å². The fraction of sp³-hybridized carbons (Fsp3) is 0.500. The second-order valence-corrected chi connectivity index (χ2v) is 4.28. The van der Waals surface area contributed by atoms with E-state index in [1.165, 1.54) is 0 Å². The van der Waals surface area contributed by atoms with Gasteiger partial charge in [0.15, 0.2) is 0 Å². The molecular formula is C12H17FO. The van der Waals surface area contributed by atoms with E-state index in [9.17, 15) is 4.39 Å². The molecule has 0 aliphatic carbocycles. The van der Waals surface area contributed by atoms with Crippen LogP contribution in [0.1, 0.15) is 19.4 Å². The fourth-order valence-electron chi connectivity index (χ4n) is 1.06. The molecule has 0 aliphatic heterocycles. The van der Waals surface area contributed by atoms with Gasteiger partial charge in [0.2, 0.25) is 0 Å². The Morgan fingerprint density at radius 3 is 2.43 bits per heavy atom. The summed E-state index contributed by atoms with van der Waals surface area (Å²) in [5.41, 5.74) is 0.761. The van der Waals surface area contributed by atoms with E-state index in [-0.39, 0.29) is 12.1 Å². The summed E-state index contributed by atoms with van der Waals surface area (Å²) < 4.78 is 17.9. The molecule has 0 aromatic heterocycles. The summed E-state index contributed by atoms with van der Waals surface area (Å²) in [6.45, 7) is 4.39. The summed E-state index contributed by atoms with van der Waals surface area (Å²) >= 11 is 0. The average Bonchev–Trinajstić information content (AvgIpc) is 2.19. The van der Waals surface area contributed by atoms with Crippen molar-refractivity contribution in [3.63, 3.8) is 0 Å². The van der Waals surface area contributed by atoms with Crippen molar-refractivity contribution in [3.05, 3.63) is 35.9 Å². The fourth-order valence-corrected chi connectivity index (χ4v) is 1.06. The Hall–Kier alpha value is -0.890. The normalized spacial score (nSPS) is 11.6. The van der Waals surface area contributed by atoms with Gasteiger partial charge in [0.25, 0.3) is 0 Å². The summed E-state index contributed by atoms with van der Waals surface area (Å²) in [5, 5.41) is 0. The van der Waals surface area contributed by atoms with Gasteiger partial charge in [0.05, 0.1) is 19.9 Å². The summed E-state index contributed by atoms with van der Waals surface area (Å²) in [6, 6.07) is 9.91. The maximum absolute atomic E-state index is 12.4. The lowest BCUT2D eigenvalue weighted by Crippen LogP contribution is -2.21. The zero-order valence-electron chi connectivity index (χ0n) is 8.79. The van der Waals surface area contributed by atoms with E-state index in [2.05, 4.69) is 0 Å². The highest BCUT2D eigenvalue weighted by Gasteiger charge is 2.17. The standard InChI is InChI=1S/C12H17FO/c1-12(2,9-13)10-14-8-11-6-4-3-5-7-11/h3-7H,8-10H2,1-2H3. The number of ether oxygens (including phenoxy) is 1. The van der Waals surface area contributed by atoms with E-state index in [0.29, 0.717) is 13.2 Å². The average molecular weight is 196 g/mol. The molecule has 1 rings (SSSR count). The number of hydrogen-bond donors (Lipinski definition) is 0. The van der Waals surface area contributed by atoms with Crippen LogP contribution in [0.4, 0.5) is 4.39 Å². The molecule has 14 heavy (non-hydrogen) atoms. The summed E-state index contributed by atoms with van der Waals surface area (Å²) in [4.78, 5) is 0. The van der Waals surface area contributed by atoms with Crippen LogP contribution in [0, 0.1) is 5.41 Å². The van der Waals surface area contributed by atoms with Crippen LogP contribution < -0.4 is 0 Å². The molecule has 0 fully saturated rings. The number of alkyl halides is 1. The molecule has 0 saturated carbocycles. The Balaban J connectivity index is 2.29. The minimum Gasteiger partial charge on any atom is -0.376 e. The Kier molecular flexibility index (Phi) is 4.08. The highest BCUT2D eigenvalue weighted by atomic mass is 19.1. The molecule has 1 aromatic carbocycles. The van der Waals surface area contributed by atoms with Crippen LogP contribution in [0.25, 0.3) is 0 Å². The lowest BCUT2D eigenvalue weighted by Gasteiger charge is -2.19. The predicted molar refractivity (Wildman–Crippen MR) is 55.9 cm³/mol. The minimum absolute atomic E-state index is 0.345. The maximum Gasteiger partial charge on any atom is 0.0967 e. The van der Waals surface area contributed by atoms with Gasteiger partial charge in [-0.15, -0.1) is 0 Å². The smallest absolute Gasteiger partial charge is 0.0967 e. The van der Waals surface area contributed by atoms with Crippen LogP contribution in [0.5, 0.6) is 0 Å².